The third-order valence-electron chi connectivity index (χ3n) is 3.72. The van der Waals surface area contributed by atoms with Crippen LogP contribution in [0.3, 0.4) is 0 Å². The summed E-state index contributed by atoms with van der Waals surface area (Å²) in [6.07, 6.45) is 0. The number of nitrogens with zero attached hydrogens (tertiary/aromatic N) is 4. The molecule has 0 bridgehead atoms. The van der Waals surface area contributed by atoms with E-state index in [2.05, 4.69) is 20.6 Å². The molecule has 0 radical (unpaired) electrons. The molecular formula is C16H20N6O. The molecule has 1 aromatic heterocycles. The van der Waals surface area contributed by atoms with Crippen LogP contribution in [0.4, 0.5) is 27.9 Å². The molecule has 2 aromatic rings. The van der Waals surface area contributed by atoms with E-state index in [-0.39, 0.29) is 6.03 Å². The van der Waals surface area contributed by atoms with Crippen LogP contribution in [-0.2, 0) is 0 Å². The SMILES string of the molecule is CNc1nc(C)cc(Nc2cccc(N3CCN(C)C3=O)c2)n1. The molecule has 0 spiro atoms. The molecule has 3 rings (SSSR count). The van der Waals surface area contributed by atoms with E-state index >= 15 is 0 Å². The Labute approximate surface area is 135 Å². The van der Waals surface area contributed by atoms with Crippen molar-refractivity contribution in [2.45, 2.75) is 6.92 Å². The van der Waals surface area contributed by atoms with Crippen molar-refractivity contribution >= 4 is 29.2 Å². The number of hydrogen-bond acceptors (Lipinski definition) is 5. The summed E-state index contributed by atoms with van der Waals surface area (Å²) in [6, 6.07) is 9.67. The summed E-state index contributed by atoms with van der Waals surface area (Å²) in [6.45, 7) is 3.37. The molecule has 1 saturated heterocycles. The van der Waals surface area contributed by atoms with Gasteiger partial charge in [0.15, 0.2) is 0 Å². The van der Waals surface area contributed by atoms with Gasteiger partial charge < -0.3 is 15.5 Å². The first-order valence-electron chi connectivity index (χ1n) is 7.50. The minimum Gasteiger partial charge on any atom is -0.357 e. The topological polar surface area (TPSA) is 73.4 Å². The fraction of sp³-hybridized carbons (Fsp3) is 0.312. The van der Waals surface area contributed by atoms with Gasteiger partial charge in [0, 0.05) is 50.3 Å². The first kappa shape index (κ1) is 15.1. The number of hydrogen-bond donors (Lipinski definition) is 2. The summed E-state index contributed by atoms with van der Waals surface area (Å²) in [5, 5.41) is 6.21. The Morgan fingerprint density at radius 3 is 2.70 bits per heavy atom. The zero-order chi connectivity index (χ0) is 16.4. The minimum atomic E-state index is 0.0255. The molecule has 7 nitrogen and oxygen atoms in total. The van der Waals surface area contributed by atoms with Gasteiger partial charge in [0.1, 0.15) is 5.82 Å². The van der Waals surface area contributed by atoms with Crippen LogP contribution >= 0.6 is 0 Å². The molecule has 7 heteroatoms. The predicted octanol–water partition coefficient (Wildman–Crippen LogP) is 2.44. The van der Waals surface area contributed by atoms with E-state index in [0.29, 0.717) is 18.3 Å². The van der Waals surface area contributed by atoms with Gasteiger partial charge in [-0.15, -0.1) is 0 Å². The summed E-state index contributed by atoms with van der Waals surface area (Å²) in [5.74, 6) is 1.28. The highest BCUT2D eigenvalue weighted by Crippen LogP contribution is 2.25. The number of aryl methyl sites for hydroxylation is 1. The highest BCUT2D eigenvalue weighted by molar-refractivity contribution is 5.94. The van der Waals surface area contributed by atoms with Crippen molar-refractivity contribution in [1.82, 2.24) is 14.9 Å². The van der Waals surface area contributed by atoms with Gasteiger partial charge in [0.05, 0.1) is 0 Å². The van der Waals surface area contributed by atoms with E-state index < -0.39 is 0 Å². The van der Waals surface area contributed by atoms with Gasteiger partial charge in [0.2, 0.25) is 5.95 Å². The lowest BCUT2D eigenvalue weighted by Crippen LogP contribution is -2.29. The number of rotatable bonds is 4. The average Bonchev–Trinajstić information content (AvgIpc) is 2.86. The maximum Gasteiger partial charge on any atom is 0.324 e. The standard InChI is InChI=1S/C16H20N6O/c1-11-9-14(20-15(17-2)18-11)19-12-5-4-6-13(10-12)22-8-7-21(3)16(22)23/h4-6,9-10H,7-8H2,1-3H3,(H2,17,18,19,20). The van der Waals surface area contributed by atoms with Crippen LogP contribution in [0.25, 0.3) is 0 Å². The molecule has 1 fully saturated rings. The van der Waals surface area contributed by atoms with E-state index in [1.165, 1.54) is 0 Å². The Kier molecular flexibility index (Phi) is 4.01. The van der Waals surface area contributed by atoms with Gasteiger partial charge >= 0.3 is 6.03 Å². The third kappa shape index (κ3) is 3.18. The Balaban J connectivity index is 1.83. The Morgan fingerprint density at radius 2 is 2.00 bits per heavy atom. The van der Waals surface area contributed by atoms with Crippen LogP contribution in [0.2, 0.25) is 0 Å². The van der Waals surface area contributed by atoms with Crippen LogP contribution < -0.4 is 15.5 Å². The Hall–Kier alpha value is -2.83. The third-order valence-corrected chi connectivity index (χ3v) is 3.72. The van der Waals surface area contributed by atoms with Crippen LogP contribution in [0.1, 0.15) is 5.69 Å². The summed E-state index contributed by atoms with van der Waals surface area (Å²) >= 11 is 0. The van der Waals surface area contributed by atoms with E-state index in [4.69, 9.17) is 0 Å². The van der Waals surface area contributed by atoms with Gasteiger partial charge in [-0.25, -0.2) is 9.78 Å². The lowest BCUT2D eigenvalue weighted by atomic mass is 10.2. The number of urea groups is 1. The van der Waals surface area contributed by atoms with Crippen molar-refractivity contribution in [1.29, 1.82) is 0 Å². The molecular weight excluding hydrogens is 292 g/mol. The average molecular weight is 312 g/mol. The summed E-state index contributed by atoms with van der Waals surface area (Å²) in [5.41, 5.74) is 2.63. The number of aromatic nitrogens is 2. The molecule has 2 amide bonds. The number of benzene rings is 1. The number of carbonyl (C=O) groups excluding carboxylic acids is 1. The fourth-order valence-corrected chi connectivity index (χ4v) is 2.53. The molecule has 2 N–H and O–H groups in total. The molecule has 1 aromatic carbocycles. The summed E-state index contributed by atoms with van der Waals surface area (Å²) in [4.78, 5) is 24.2. The number of anilines is 4. The first-order valence-corrected chi connectivity index (χ1v) is 7.50. The summed E-state index contributed by atoms with van der Waals surface area (Å²) in [7, 11) is 3.60. The Bertz CT molecular complexity index is 732. The van der Waals surface area contributed by atoms with Gasteiger partial charge in [0.25, 0.3) is 0 Å². The van der Waals surface area contributed by atoms with Gasteiger partial charge in [-0.05, 0) is 25.1 Å². The van der Waals surface area contributed by atoms with Gasteiger partial charge in [-0.2, -0.15) is 4.98 Å². The van der Waals surface area contributed by atoms with E-state index in [1.54, 1.807) is 16.8 Å². The molecule has 0 atom stereocenters. The number of carbonyl (C=O) groups is 1. The zero-order valence-electron chi connectivity index (χ0n) is 13.5. The van der Waals surface area contributed by atoms with Crippen molar-refractivity contribution in [3.05, 3.63) is 36.0 Å². The second-order valence-electron chi connectivity index (χ2n) is 5.50. The quantitative estimate of drug-likeness (QED) is 0.907. The van der Waals surface area contributed by atoms with E-state index in [9.17, 15) is 4.79 Å². The molecule has 1 aliphatic heterocycles. The van der Waals surface area contributed by atoms with Crippen molar-refractivity contribution in [3.63, 3.8) is 0 Å². The van der Waals surface area contributed by atoms with Crippen molar-refractivity contribution < 1.29 is 4.79 Å². The lowest BCUT2D eigenvalue weighted by molar-refractivity contribution is 0.229. The van der Waals surface area contributed by atoms with Crippen LogP contribution in [0, 0.1) is 6.92 Å². The molecule has 0 saturated carbocycles. The monoisotopic (exact) mass is 312 g/mol. The molecule has 120 valence electrons. The highest BCUT2D eigenvalue weighted by atomic mass is 16.2. The predicted molar refractivity (Wildman–Crippen MR) is 91.4 cm³/mol. The number of nitrogens with one attached hydrogen (secondary N) is 2. The van der Waals surface area contributed by atoms with Crippen molar-refractivity contribution in [2.75, 3.05) is 42.7 Å². The number of likely N-dealkylation sites (N-methyl/N-ethyl adjacent to an activating group) is 1. The second kappa shape index (κ2) is 6.12. The highest BCUT2D eigenvalue weighted by Gasteiger charge is 2.26. The molecule has 23 heavy (non-hydrogen) atoms. The minimum absolute atomic E-state index is 0.0255. The maximum atomic E-state index is 12.1. The van der Waals surface area contributed by atoms with Crippen LogP contribution in [-0.4, -0.2) is 48.1 Å². The summed E-state index contributed by atoms with van der Waals surface area (Å²) < 4.78 is 0. The van der Waals surface area contributed by atoms with E-state index in [1.807, 2.05) is 44.3 Å². The molecule has 1 aliphatic rings. The number of amides is 2. The van der Waals surface area contributed by atoms with Crippen LogP contribution in [0.15, 0.2) is 30.3 Å². The lowest BCUT2D eigenvalue weighted by Gasteiger charge is -2.17. The fourth-order valence-electron chi connectivity index (χ4n) is 2.53. The second-order valence-corrected chi connectivity index (χ2v) is 5.50. The molecule has 0 aliphatic carbocycles. The smallest absolute Gasteiger partial charge is 0.324 e. The maximum absolute atomic E-state index is 12.1. The van der Waals surface area contributed by atoms with Gasteiger partial charge in [-0.1, -0.05) is 6.07 Å². The van der Waals surface area contributed by atoms with Crippen LogP contribution in [0.5, 0.6) is 0 Å². The van der Waals surface area contributed by atoms with E-state index in [0.717, 1.165) is 23.6 Å². The Morgan fingerprint density at radius 1 is 1.17 bits per heavy atom. The zero-order valence-corrected chi connectivity index (χ0v) is 13.5. The normalized spacial score (nSPS) is 14.3. The van der Waals surface area contributed by atoms with Gasteiger partial charge in [-0.3, -0.25) is 4.90 Å². The molecule has 0 unspecified atom stereocenters. The first-order chi connectivity index (χ1) is 11.1. The van der Waals surface area contributed by atoms with Crippen molar-refractivity contribution in [3.8, 4) is 0 Å². The molecule has 2 heterocycles. The van der Waals surface area contributed by atoms with Crippen molar-refractivity contribution in [2.24, 2.45) is 0 Å². The largest absolute Gasteiger partial charge is 0.357 e.